The molecular formula is C3H9N3O. The minimum atomic E-state index is -0.333. The van der Waals surface area contributed by atoms with Crippen LogP contribution in [0, 0.1) is 5.41 Å². The SMILES string of the molecule is C1CO1.N=C(N)N. The summed E-state index contributed by atoms with van der Waals surface area (Å²) in [5.41, 5.74) is 8.94. The van der Waals surface area contributed by atoms with Crippen LogP contribution < -0.4 is 11.5 Å². The highest BCUT2D eigenvalue weighted by molar-refractivity contribution is 5.71. The first-order valence-electron chi connectivity index (χ1n) is 1.90. The van der Waals surface area contributed by atoms with E-state index in [0.717, 1.165) is 13.2 Å². The molecule has 0 aromatic carbocycles. The molecule has 0 amide bonds. The first-order chi connectivity index (χ1) is 3.23. The smallest absolute Gasteiger partial charge is 0.183 e. The van der Waals surface area contributed by atoms with Gasteiger partial charge in [0.05, 0.1) is 13.2 Å². The summed E-state index contributed by atoms with van der Waals surface area (Å²) >= 11 is 0. The Morgan fingerprint density at radius 2 is 1.57 bits per heavy atom. The third-order valence-electron chi connectivity index (χ3n) is 0.204. The Kier molecular flexibility index (Phi) is 3.04. The van der Waals surface area contributed by atoms with Crippen LogP contribution in [0.4, 0.5) is 0 Å². The van der Waals surface area contributed by atoms with Gasteiger partial charge in [0.1, 0.15) is 0 Å². The van der Waals surface area contributed by atoms with Crippen LogP contribution in [0.3, 0.4) is 0 Å². The van der Waals surface area contributed by atoms with E-state index in [1.54, 1.807) is 0 Å². The summed E-state index contributed by atoms with van der Waals surface area (Å²) in [5.74, 6) is -0.333. The predicted octanol–water partition coefficient (Wildman–Crippen LogP) is -1.14. The summed E-state index contributed by atoms with van der Waals surface area (Å²) in [6, 6.07) is 0. The quantitative estimate of drug-likeness (QED) is 0.205. The molecule has 4 nitrogen and oxygen atoms in total. The molecule has 0 atom stereocenters. The average molecular weight is 103 g/mol. The van der Waals surface area contributed by atoms with Crippen LogP contribution in [0.5, 0.6) is 0 Å². The summed E-state index contributed by atoms with van der Waals surface area (Å²) in [5, 5.41) is 6.06. The Labute approximate surface area is 41.9 Å². The lowest BCUT2D eigenvalue weighted by atomic mass is 11.0. The van der Waals surface area contributed by atoms with Crippen molar-refractivity contribution in [1.29, 1.82) is 5.41 Å². The number of nitrogens with one attached hydrogen (secondary N) is 1. The number of nitrogens with two attached hydrogens (primary N) is 2. The molecule has 1 fully saturated rings. The molecule has 4 heteroatoms. The van der Waals surface area contributed by atoms with Gasteiger partial charge in [-0.1, -0.05) is 0 Å². The van der Waals surface area contributed by atoms with Crippen molar-refractivity contribution in [1.82, 2.24) is 0 Å². The van der Waals surface area contributed by atoms with Gasteiger partial charge in [-0.2, -0.15) is 0 Å². The molecular weight excluding hydrogens is 94.1 g/mol. The third kappa shape index (κ3) is 1030. The van der Waals surface area contributed by atoms with E-state index in [9.17, 15) is 0 Å². The van der Waals surface area contributed by atoms with Gasteiger partial charge < -0.3 is 16.2 Å². The predicted molar refractivity (Wildman–Crippen MR) is 26.9 cm³/mol. The average Bonchev–Trinajstić information content (AvgIpc) is 2.02. The zero-order chi connectivity index (χ0) is 5.70. The molecule has 1 heterocycles. The van der Waals surface area contributed by atoms with E-state index in [2.05, 4.69) is 16.2 Å². The van der Waals surface area contributed by atoms with Crippen LogP contribution >= 0.6 is 0 Å². The first kappa shape index (κ1) is 6.23. The summed E-state index contributed by atoms with van der Waals surface area (Å²) in [6.45, 7) is 2.00. The van der Waals surface area contributed by atoms with Crippen LogP contribution in [-0.4, -0.2) is 19.2 Å². The number of hydrogen-bond donors (Lipinski definition) is 3. The molecule has 0 aromatic rings. The maximum atomic E-state index is 6.06. The Balaban J connectivity index is 0.000000105. The Hall–Kier alpha value is -0.770. The molecule has 1 aliphatic rings. The molecule has 0 unspecified atom stereocenters. The molecule has 0 aromatic heterocycles. The second kappa shape index (κ2) is 3.42. The summed E-state index contributed by atoms with van der Waals surface area (Å²) in [7, 11) is 0. The van der Waals surface area contributed by atoms with Crippen LogP contribution in [0.1, 0.15) is 0 Å². The van der Waals surface area contributed by atoms with Crippen molar-refractivity contribution in [2.75, 3.05) is 13.2 Å². The van der Waals surface area contributed by atoms with Gasteiger partial charge >= 0.3 is 0 Å². The molecule has 1 saturated heterocycles. The van der Waals surface area contributed by atoms with Crippen molar-refractivity contribution in [3.05, 3.63) is 0 Å². The van der Waals surface area contributed by atoms with Gasteiger partial charge in [0.2, 0.25) is 0 Å². The molecule has 0 bridgehead atoms. The highest BCUT2D eigenvalue weighted by Crippen LogP contribution is 1.84. The van der Waals surface area contributed by atoms with Crippen molar-refractivity contribution >= 4 is 5.96 Å². The third-order valence-corrected chi connectivity index (χ3v) is 0.204. The van der Waals surface area contributed by atoms with Gasteiger partial charge in [-0.05, 0) is 0 Å². The largest absolute Gasteiger partial charge is 0.377 e. The fourth-order valence-corrected chi connectivity index (χ4v) is 0. The summed E-state index contributed by atoms with van der Waals surface area (Å²) in [4.78, 5) is 0. The fourth-order valence-electron chi connectivity index (χ4n) is 0. The molecule has 0 radical (unpaired) electrons. The Bertz CT molecular complexity index is 54.4. The van der Waals surface area contributed by atoms with Gasteiger partial charge in [-0.15, -0.1) is 0 Å². The van der Waals surface area contributed by atoms with Gasteiger partial charge in [0.25, 0.3) is 0 Å². The molecule has 0 saturated carbocycles. The van der Waals surface area contributed by atoms with E-state index in [1.807, 2.05) is 0 Å². The number of guanidine groups is 1. The van der Waals surface area contributed by atoms with E-state index in [4.69, 9.17) is 5.41 Å². The molecule has 7 heavy (non-hydrogen) atoms. The molecule has 1 aliphatic heterocycles. The highest BCUT2D eigenvalue weighted by Gasteiger charge is 1.94. The van der Waals surface area contributed by atoms with Gasteiger partial charge in [-0.25, -0.2) is 0 Å². The van der Waals surface area contributed by atoms with E-state index in [-0.39, 0.29) is 5.96 Å². The van der Waals surface area contributed by atoms with E-state index in [1.165, 1.54) is 0 Å². The monoisotopic (exact) mass is 103 g/mol. The van der Waals surface area contributed by atoms with Crippen LogP contribution in [0.15, 0.2) is 0 Å². The lowest BCUT2D eigenvalue weighted by Gasteiger charge is -1.69. The first-order valence-corrected chi connectivity index (χ1v) is 1.90. The normalized spacial score (nSPS) is 13.7. The lowest BCUT2D eigenvalue weighted by molar-refractivity contribution is 0.475. The molecule has 0 aliphatic carbocycles. The minimum Gasteiger partial charge on any atom is -0.377 e. The maximum absolute atomic E-state index is 6.06. The highest BCUT2D eigenvalue weighted by atomic mass is 16.6. The van der Waals surface area contributed by atoms with Crippen molar-refractivity contribution < 1.29 is 4.74 Å². The molecule has 0 spiro atoms. The van der Waals surface area contributed by atoms with Crippen molar-refractivity contribution in [3.8, 4) is 0 Å². The lowest BCUT2D eigenvalue weighted by Crippen LogP contribution is -2.20. The van der Waals surface area contributed by atoms with Crippen molar-refractivity contribution in [2.24, 2.45) is 11.5 Å². The van der Waals surface area contributed by atoms with E-state index < -0.39 is 0 Å². The Morgan fingerprint density at radius 3 is 1.57 bits per heavy atom. The summed E-state index contributed by atoms with van der Waals surface area (Å²) < 4.78 is 4.50. The zero-order valence-corrected chi connectivity index (χ0v) is 3.98. The minimum absolute atomic E-state index is 0.333. The standard InChI is InChI=1S/C2H4O.CH5N3/c1-2-3-1;2-1(3)4/h1-2H2;(H5,2,3,4). The van der Waals surface area contributed by atoms with Crippen molar-refractivity contribution in [2.45, 2.75) is 0 Å². The maximum Gasteiger partial charge on any atom is 0.183 e. The second-order valence-corrected chi connectivity index (χ2v) is 1.07. The van der Waals surface area contributed by atoms with Gasteiger partial charge in [0.15, 0.2) is 5.96 Å². The fraction of sp³-hybridized carbons (Fsp3) is 0.667. The van der Waals surface area contributed by atoms with Gasteiger partial charge in [-0.3, -0.25) is 5.41 Å². The zero-order valence-electron chi connectivity index (χ0n) is 3.98. The van der Waals surface area contributed by atoms with Crippen LogP contribution in [0.25, 0.3) is 0 Å². The van der Waals surface area contributed by atoms with Crippen LogP contribution in [-0.2, 0) is 4.74 Å². The number of epoxide rings is 1. The number of rotatable bonds is 0. The molecule has 42 valence electrons. The van der Waals surface area contributed by atoms with E-state index >= 15 is 0 Å². The van der Waals surface area contributed by atoms with Crippen LogP contribution in [0.2, 0.25) is 0 Å². The van der Waals surface area contributed by atoms with E-state index in [0.29, 0.717) is 0 Å². The number of hydrogen-bond acceptors (Lipinski definition) is 2. The topological polar surface area (TPSA) is 88.4 Å². The Morgan fingerprint density at radius 1 is 1.43 bits per heavy atom. The summed E-state index contributed by atoms with van der Waals surface area (Å²) in [6.07, 6.45) is 0. The van der Waals surface area contributed by atoms with Gasteiger partial charge in [0, 0.05) is 0 Å². The molecule has 5 N–H and O–H groups in total. The second-order valence-electron chi connectivity index (χ2n) is 1.07. The molecule has 1 rings (SSSR count). The van der Waals surface area contributed by atoms with Crippen molar-refractivity contribution in [3.63, 3.8) is 0 Å². The number of ether oxygens (including phenoxy) is 1.